The van der Waals surface area contributed by atoms with Gasteiger partial charge in [0.1, 0.15) is 11.9 Å². The molecule has 0 saturated heterocycles. The van der Waals surface area contributed by atoms with Gasteiger partial charge in [-0.15, -0.1) is 6.58 Å². The number of nitrogens with one attached hydrogen (secondary N) is 1. The van der Waals surface area contributed by atoms with Gasteiger partial charge in [-0.2, -0.15) is 0 Å². The highest BCUT2D eigenvalue weighted by atomic mass is 32.2. The van der Waals surface area contributed by atoms with Crippen molar-refractivity contribution in [3.8, 4) is 0 Å². The van der Waals surface area contributed by atoms with Crippen LogP contribution in [0.4, 0.5) is 0 Å². The fourth-order valence-corrected chi connectivity index (χ4v) is 8.39. The van der Waals surface area contributed by atoms with Gasteiger partial charge in [0.05, 0.1) is 29.1 Å². The highest BCUT2D eigenvalue weighted by molar-refractivity contribution is 7.99. The molecule has 3 aliphatic rings. The summed E-state index contributed by atoms with van der Waals surface area (Å²) >= 11 is 1.30. The predicted octanol–water partition coefficient (Wildman–Crippen LogP) is 4.96. The maximum Gasteiger partial charge on any atom is 0.316 e. The molecule has 0 radical (unpaired) electrons. The summed E-state index contributed by atoms with van der Waals surface area (Å²) in [5.74, 6) is -0.0335. The first kappa shape index (κ1) is 25.5. The van der Waals surface area contributed by atoms with Crippen LogP contribution in [-0.2, 0) is 14.3 Å². The van der Waals surface area contributed by atoms with Crippen LogP contribution in [0.15, 0.2) is 36.3 Å². The molecular formula is C28H37N3O4S. The first-order valence-electron chi connectivity index (χ1n) is 13.0. The van der Waals surface area contributed by atoms with Crippen molar-refractivity contribution in [2.75, 3.05) is 5.75 Å². The fraction of sp³-hybridized carbons (Fsp3) is 0.643. The van der Waals surface area contributed by atoms with Crippen molar-refractivity contribution in [1.82, 2.24) is 15.0 Å². The minimum absolute atomic E-state index is 0.0430. The molecule has 36 heavy (non-hydrogen) atoms. The predicted molar refractivity (Wildman–Crippen MR) is 139 cm³/mol. The molecule has 3 saturated carbocycles. The third-order valence-electron chi connectivity index (χ3n) is 10.2. The minimum atomic E-state index is -0.666. The average molecular weight is 512 g/mol. The van der Waals surface area contributed by atoms with Crippen LogP contribution < -0.4 is 0 Å². The van der Waals surface area contributed by atoms with Gasteiger partial charge in [-0.1, -0.05) is 45.5 Å². The number of thioether (sulfide) groups is 1. The summed E-state index contributed by atoms with van der Waals surface area (Å²) in [5.41, 5.74) is 0.203. The summed E-state index contributed by atoms with van der Waals surface area (Å²) in [7, 11) is 0. The number of rotatable bonds is 5. The molecular weight excluding hydrogens is 474 g/mol. The SMILES string of the molecule is C=C[C@]1(C)C[C@@H](OC(=O)CSc2nc3ccncc3[nH]2)[C@]2(C)[C@H](C)CC[C@]3(CCC(=O)[C@H]32)[C@@H](C)[C@@H]1O. The van der Waals surface area contributed by atoms with E-state index >= 15 is 0 Å². The summed E-state index contributed by atoms with van der Waals surface area (Å²) in [6.07, 6.45) is 7.69. The third-order valence-corrected chi connectivity index (χ3v) is 11.0. The van der Waals surface area contributed by atoms with Crippen LogP contribution in [0.5, 0.6) is 0 Å². The van der Waals surface area contributed by atoms with Crippen molar-refractivity contribution >= 4 is 34.5 Å². The Kier molecular flexibility index (Phi) is 6.35. The number of carbonyl (C=O) groups excluding carboxylic acids is 2. The molecule has 3 fully saturated rings. The number of aromatic amines is 1. The number of aliphatic hydroxyl groups excluding tert-OH is 1. The highest BCUT2D eigenvalue weighted by Crippen LogP contribution is 2.68. The van der Waals surface area contributed by atoms with Crippen LogP contribution in [0.2, 0.25) is 0 Å². The number of H-pyrrole nitrogens is 1. The highest BCUT2D eigenvalue weighted by Gasteiger charge is 2.68. The zero-order valence-corrected chi connectivity index (χ0v) is 22.4. The molecule has 2 aromatic heterocycles. The summed E-state index contributed by atoms with van der Waals surface area (Å²) < 4.78 is 6.29. The van der Waals surface area contributed by atoms with E-state index in [1.54, 1.807) is 12.4 Å². The molecule has 8 heteroatoms. The maximum atomic E-state index is 13.5. The molecule has 194 valence electrons. The zero-order chi connectivity index (χ0) is 25.9. The number of hydrogen-bond donors (Lipinski definition) is 2. The average Bonchev–Trinajstić information content (AvgIpc) is 3.44. The number of ketones is 1. The number of imidazole rings is 1. The summed E-state index contributed by atoms with van der Waals surface area (Å²) in [6.45, 7) is 12.5. The Morgan fingerprint density at radius 1 is 1.36 bits per heavy atom. The molecule has 2 aromatic rings. The lowest BCUT2D eigenvalue weighted by Gasteiger charge is -2.61. The number of hydrogen-bond acceptors (Lipinski definition) is 7. The van der Waals surface area contributed by atoms with Crippen molar-refractivity contribution in [3.05, 3.63) is 31.1 Å². The van der Waals surface area contributed by atoms with Gasteiger partial charge in [-0.05, 0) is 49.0 Å². The second kappa shape index (κ2) is 8.98. The summed E-state index contributed by atoms with van der Waals surface area (Å²) in [4.78, 5) is 38.5. The van der Waals surface area contributed by atoms with E-state index in [0.29, 0.717) is 18.0 Å². The molecule has 0 unspecified atom stereocenters. The van der Waals surface area contributed by atoms with Gasteiger partial charge in [0, 0.05) is 29.4 Å². The second-order valence-corrected chi connectivity index (χ2v) is 12.8. The van der Waals surface area contributed by atoms with Crippen molar-refractivity contribution in [2.45, 2.75) is 77.2 Å². The van der Waals surface area contributed by atoms with E-state index in [9.17, 15) is 14.7 Å². The summed E-state index contributed by atoms with van der Waals surface area (Å²) in [6, 6.07) is 1.82. The first-order valence-corrected chi connectivity index (χ1v) is 14.0. The molecule has 2 bridgehead atoms. The largest absolute Gasteiger partial charge is 0.461 e. The third kappa shape index (κ3) is 3.74. The number of esters is 1. The van der Waals surface area contributed by atoms with Gasteiger partial charge in [0.2, 0.25) is 0 Å². The van der Waals surface area contributed by atoms with Crippen LogP contribution in [-0.4, -0.2) is 49.8 Å². The normalized spacial score (nSPS) is 40.4. The Morgan fingerprint density at radius 2 is 2.14 bits per heavy atom. The van der Waals surface area contributed by atoms with Gasteiger partial charge in [-0.25, -0.2) is 4.98 Å². The number of aliphatic hydroxyl groups is 1. The standard InChI is InChI=1S/C28H37N3O4S/c1-6-26(4)13-21(35-22(33)15-36-25-30-18-9-12-29-14-19(18)31-25)27(5)16(2)7-10-28(17(3)24(26)34)11-8-20(32)23(27)28/h6,9,12,14,16-17,21,23-24,34H,1,7-8,10-11,13,15H2,2-5H3,(H,30,31)/t16-,17+,21-,23+,24+,26-,27+,28+/m1/s1. The first-order chi connectivity index (χ1) is 17.0. The van der Waals surface area contributed by atoms with Crippen LogP contribution in [0.1, 0.15) is 59.8 Å². The number of fused-ring (bicyclic) bond motifs is 1. The van der Waals surface area contributed by atoms with Crippen LogP contribution in [0.3, 0.4) is 0 Å². The van der Waals surface area contributed by atoms with Gasteiger partial charge in [0.25, 0.3) is 0 Å². The number of Topliss-reactive ketones (excluding diaryl/α,β-unsaturated/α-hetero) is 1. The smallest absolute Gasteiger partial charge is 0.316 e. The lowest BCUT2D eigenvalue weighted by molar-refractivity contribution is -0.205. The van der Waals surface area contributed by atoms with Crippen LogP contribution >= 0.6 is 11.8 Å². The molecule has 2 heterocycles. The second-order valence-electron chi connectivity index (χ2n) is 11.8. The topological polar surface area (TPSA) is 105 Å². The molecule has 2 N–H and O–H groups in total. The zero-order valence-electron chi connectivity index (χ0n) is 21.6. The van der Waals surface area contributed by atoms with E-state index in [2.05, 4.69) is 42.3 Å². The van der Waals surface area contributed by atoms with Crippen LogP contribution in [0, 0.1) is 34.0 Å². The maximum absolute atomic E-state index is 13.5. The Morgan fingerprint density at radius 3 is 2.86 bits per heavy atom. The molecule has 3 aliphatic carbocycles. The molecule has 0 aliphatic heterocycles. The number of aromatic nitrogens is 3. The monoisotopic (exact) mass is 511 g/mol. The van der Waals surface area contributed by atoms with E-state index < -0.39 is 23.0 Å². The van der Waals surface area contributed by atoms with Gasteiger partial charge in [0.15, 0.2) is 5.16 Å². The quantitative estimate of drug-likeness (QED) is 0.332. The van der Waals surface area contributed by atoms with Gasteiger partial charge in [-0.3, -0.25) is 14.6 Å². The number of pyridine rings is 1. The van der Waals surface area contributed by atoms with Crippen molar-refractivity contribution in [3.63, 3.8) is 0 Å². The molecule has 8 atom stereocenters. The number of ether oxygens (including phenoxy) is 1. The van der Waals surface area contributed by atoms with Gasteiger partial charge < -0.3 is 14.8 Å². The number of carbonyl (C=O) groups is 2. The van der Waals surface area contributed by atoms with E-state index in [4.69, 9.17) is 4.74 Å². The molecule has 5 rings (SSSR count). The number of nitrogens with zero attached hydrogens (tertiary/aromatic N) is 2. The van der Waals surface area contributed by atoms with Crippen molar-refractivity contribution < 1.29 is 19.4 Å². The van der Waals surface area contributed by atoms with E-state index in [-0.39, 0.29) is 40.7 Å². The Labute approximate surface area is 216 Å². The van der Waals surface area contributed by atoms with Crippen LogP contribution in [0.25, 0.3) is 11.0 Å². The fourth-order valence-electron chi connectivity index (χ4n) is 7.72. The van der Waals surface area contributed by atoms with Crippen molar-refractivity contribution in [1.29, 1.82) is 0 Å². The summed E-state index contributed by atoms with van der Waals surface area (Å²) in [5, 5.41) is 12.3. The Bertz CT molecular complexity index is 1170. The van der Waals surface area contributed by atoms with Crippen molar-refractivity contribution in [2.24, 2.45) is 34.0 Å². The Hall–Kier alpha value is -2.19. The lowest BCUT2D eigenvalue weighted by atomic mass is 9.44. The minimum Gasteiger partial charge on any atom is -0.461 e. The molecule has 0 aromatic carbocycles. The van der Waals surface area contributed by atoms with E-state index in [0.717, 1.165) is 30.3 Å². The van der Waals surface area contributed by atoms with E-state index in [1.807, 2.05) is 19.1 Å². The Balaban J connectivity index is 1.45. The lowest BCUT2D eigenvalue weighted by Crippen LogP contribution is -2.63. The van der Waals surface area contributed by atoms with E-state index in [1.165, 1.54) is 11.8 Å². The molecule has 0 spiro atoms. The van der Waals surface area contributed by atoms with Gasteiger partial charge >= 0.3 is 5.97 Å². The molecule has 7 nitrogen and oxygen atoms in total. The molecule has 0 amide bonds.